The summed E-state index contributed by atoms with van der Waals surface area (Å²) in [6.07, 6.45) is 1.26. The molecule has 4 aromatic rings. The number of hydrogen-bond acceptors (Lipinski definition) is 2. The van der Waals surface area contributed by atoms with Crippen molar-refractivity contribution in [2.75, 3.05) is 17.4 Å². The van der Waals surface area contributed by atoms with Crippen LogP contribution in [0.15, 0.2) is 110 Å². The Morgan fingerprint density at radius 3 is 2.24 bits per heavy atom. The van der Waals surface area contributed by atoms with E-state index < -0.39 is 10.2 Å². The fourth-order valence-corrected chi connectivity index (χ4v) is 6.17. The van der Waals surface area contributed by atoms with Crippen molar-refractivity contribution in [3.05, 3.63) is 132 Å². The zero-order valence-corrected chi connectivity index (χ0v) is 21.3. The average molecular weight is 513 g/mol. The molecular weight excluding hydrogens is 483 g/mol. The van der Waals surface area contributed by atoms with Crippen LogP contribution in [0.3, 0.4) is 0 Å². The molecule has 4 aromatic carbocycles. The molecule has 6 heteroatoms. The summed E-state index contributed by atoms with van der Waals surface area (Å²) in [7, 11) is -3.81. The third kappa shape index (κ3) is 5.66. The molecule has 4 nitrogen and oxygen atoms in total. The van der Waals surface area contributed by atoms with Crippen molar-refractivity contribution in [3.63, 3.8) is 0 Å². The van der Waals surface area contributed by atoms with E-state index in [9.17, 15) is 12.8 Å². The van der Waals surface area contributed by atoms with Gasteiger partial charge in [-0.25, -0.2) is 4.39 Å². The lowest BCUT2D eigenvalue weighted by atomic mass is 9.84. The molecule has 0 radical (unpaired) electrons. The highest BCUT2D eigenvalue weighted by Gasteiger charge is 2.33. The molecule has 0 saturated heterocycles. The molecule has 1 aliphatic rings. The lowest BCUT2D eigenvalue weighted by molar-refractivity contribution is 0.561. The Kier molecular flexibility index (Phi) is 7.22. The Labute approximate surface area is 218 Å². The summed E-state index contributed by atoms with van der Waals surface area (Å²) in [6, 6.07) is 31.8. The predicted molar refractivity (Wildman–Crippen MR) is 149 cm³/mol. The van der Waals surface area contributed by atoms with Gasteiger partial charge in [0, 0.05) is 19.0 Å². The lowest BCUT2D eigenvalue weighted by Crippen LogP contribution is -2.46. The van der Waals surface area contributed by atoms with Crippen molar-refractivity contribution < 1.29 is 12.8 Å². The topological polar surface area (TPSA) is 49.4 Å². The van der Waals surface area contributed by atoms with E-state index in [4.69, 9.17) is 0 Å². The molecule has 0 bridgehead atoms. The minimum absolute atomic E-state index is 0.0935. The maximum Gasteiger partial charge on any atom is 0.301 e. The highest BCUT2D eigenvalue weighted by Crippen LogP contribution is 2.38. The van der Waals surface area contributed by atoms with Crippen LogP contribution in [0.2, 0.25) is 0 Å². The van der Waals surface area contributed by atoms with Crippen molar-refractivity contribution in [1.29, 1.82) is 0 Å². The van der Waals surface area contributed by atoms with Crippen LogP contribution < -0.4 is 9.03 Å². The summed E-state index contributed by atoms with van der Waals surface area (Å²) >= 11 is 0. The number of nitrogens with one attached hydrogen (secondary N) is 1. The summed E-state index contributed by atoms with van der Waals surface area (Å²) < 4.78 is 44.9. The smallest absolute Gasteiger partial charge is 0.257 e. The van der Waals surface area contributed by atoms with Gasteiger partial charge in [0.05, 0.1) is 5.69 Å². The van der Waals surface area contributed by atoms with E-state index >= 15 is 0 Å². The van der Waals surface area contributed by atoms with E-state index in [1.807, 2.05) is 78.9 Å². The van der Waals surface area contributed by atoms with Crippen LogP contribution in [0.1, 0.15) is 16.7 Å². The molecule has 0 aromatic heterocycles. The van der Waals surface area contributed by atoms with Gasteiger partial charge < -0.3 is 0 Å². The summed E-state index contributed by atoms with van der Waals surface area (Å²) in [4.78, 5) is 0. The molecule has 0 saturated carbocycles. The predicted octanol–water partition coefficient (Wildman–Crippen LogP) is 6.26. The van der Waals surface area contributed by atoms with Gasteiger partial charge in [0.1, 0.15) is 5.82 Å². The minimum Gasteiger partial charge on any atom is -0.257 e. The van der Waals surface area contributed by atoms with E-state index in [1.54, 1.807) is 12.1 Å². The minimum atomic E-state index is -3.81. The zero-order valence-electron chi connectivity index (χ0n) is 20.5. The summed E-state index contributed by atoms with van der Waals surface area (Å²) in [6.45, 7) is 4.95. The van der Waals surface area contributed by atoms with Gasteiger partial charge in [-0.2, -0.15) is 13.1 Å². The van der Waals surface area contributed by atoms with Crippen molar-refractivity contribution in [2.24, 2.45) is 5.92 Å². The fraction of sp³-hybridized carbons (Fsp3) is 0.161. The average Bonchev–Trinajstić information content (AvgIpc) is 2.93. The van der Waals surface area contributed by atoms with Crippen molar-refractivity contribution in [1.82, 2.24) is 4.72 Å². The second-order valence-corrected chi connectivity index (χ2v) is 11.0. The normalized spacial score (nSPS) is 15.3. The van der Waals surface area contributed by atoms with Crippen LogP contribution in [-0.2, 0) is 23.1 Å². The van der Waals surface area contributed by atoms with Crippen LogP contribution >= 0.6 is 0 Å². The molecule has 1 unspecified atom stereocenters. The van der Waals surface area contributed by atoms with Gasteiger partial charge in [-0.05, 0) is 70.5 Å². The summed E-state index contributed by atoms with van der Waals surface area (Å²) in [5, 5.41) is 0. The number of benzene rings is 4. The molecule has 5 rings (SSSR count). The van der Waals surface area contributed by atoms with Crippen LogP contribution in [-0.4, -0.2) is 21.5 Å². The standard InChI is InChI=1S/C31H29FN2O2S/c1-23(25-10-6-3-7-11-25)29-21-28-20-27(26-12-15-30(32)16-13-26)14-17-31(28)34(22-29)37(35,36)33-19-18-24-8-4-2-5-9-24/h2-17,20,29,33H,1,18-19,21-22H2. The largest absolute Gasteiger partial charge is 0.301 e. The second-order valence-electron chi connectivity index (χ2n) is 9.31. The quantitative estimate of drug-likeness (QED) is 0.303. The molecule has 188 valence electrons. The van der Waals surface area contributed by atoms with Crippen molar-refractivity contribution in [3.8, 4) is 11.1 Å². The van der Waals surface area contributed by atoms with E-state index in [0.29, 0.717) is 31.6 Å². The van der Waals surface area contributed by atoms with Gasteiger partial charge in [0.2, 0.25) is 0 Å². The molecule has 0 aliphatic carbocycles. The monoisotopic (exact) mass is 512 g/mol. The zero-order chi connectivity index (χ0) is 25.8. The number of hydrogen-bond donors (Lipinski definition) is 1. The molecule has 37 heavy (non-hydrogen) atoms. The highest BCUT2D eigenvalue weighted by molar-refractivity contribution is 7.90. The van der Waals surface area contributed by atoms with Gasteiger partial charge in [-0.1, -0.05) is 85.4 Å². The first kappa shape index (κ1) is 24.9. The molecule has 1 N–H and O–H groups in total. The third-order valence-electron chi connectivity index (χ3n) is 6.85. The van der Waals surface area contributed by atoms with Gasteiger partial charge >= 0.3 is 10.2 Å². The molecule has 1 aliphatic heterocycles. The summed E-state index contributed by atoms with van der Waals surface area (Å²) in [5.41, 5.74) is 6.35. The third-order valence-corrected chi connectivity index (χ3v) is 8.34. The molecule has 0 amide bonds. The number of anilines is 1. The number of nitrogens with zero attached hydrogens (tertiary/aromatic N) is 1. The Morgan fingerprint density at radius 1 is 0.892 bits per heavy atom. The lowest BCUT2D eigenvalue weighted by Gasteiger charge is -2.36. The number of rotatable bonds is 8. The fourth-order valence-electron chi connectivity index (χ4n) is 4.84. The van der Waals surface area contributed by atoms with Gasteiger partial charge in [-0.3, -0.25) is 4.31 Å². The van der Waals surface area contributed by atoms with Gasteiger partial charge in [-0.15, -0.1) is 0 Å². The number of fused-ring (bicyclic) bond motifs is 1. The van der Waals surface area contributed by atoms with Crippen LogP contribution in [0, 0.1) is 11.7 Å². The molecule has 0 spiro atoms. The van der Waals surface area contributed by atoms with Gasteiger partial charge in [0.25, 0.3) is 0 Å². The second kappa shape index (κ2) is 10.7. The Morgan fingerprint density at radius 2 is 1.54 bits per heavy atom. The first-order valence-corrected chi connectivity index (χ1v) is 13.8. The van der Waals surface area contributed by atoms with Gasteiger partial charge in [0.15, 0.2) is 0 Å². The Bertz CT molecular complexity index is 1490. The molecular formula is C31H29FN2O2S. The highest BCUT2D eigenvalue weighted by atomic mass is 32.2. The first-order chi connectivity index (χ1) is 17.9. The Balaban J connectivity index is 1.46. The van der Waals surface area contributed by atoms with E-state index in [1.165, 1.54) is 16.4 Å². The van der Waals surface area contributed by atoms with Crippen LogP contribution in [0.4, 0.5) is 10.1 Å². The number of halogens is 1. The maximum atomic E-state index is 13.6. The van der Waals surface area contributed by atoms with E-state index in [-0.39, 0.29) is 11.7 Å². The van der Waals surface area contributed by atoms with Crippen LogP contribution in [0.25, 0.3) is 16.7 Å². The van der Waals surface area contributed by atoms with Crippen LogP contribution in [0.5, 0.6) is 0 Å². The molecule has 1 atom stereocenters. The molecule has 0 fully saturated rings. The first-order valence-electron chi connectivity index (χ1n) is 12.3. The summed E-state index contributed by atoms with van der Waals surface area (Å²) in [5.74, 6) is -0.385. The van der Waals surface area contributed by atoms with E-state index in [0.717, 1.165) is 33.4 Å². The SMILES string of the molecule is C=C(c1ccccc1)C1Cc2cc(-c3ccc(F)cc3)ccc2N(S(=O)(=O)NCCc2ccccc2)C1. The molecule has 1 heterocycles. The van der Waals surface area contributed by atoms with Crippen molar-refractivity contribution in [2.45, 2.75) is 12.8 Å². The van der Waals surface area contributed by atoms with Crippen molar-refractivity contribution >= 4 is 21.5 Å². The maximum absolute atomic E-state index is 13.6. The Hall–Kier alpha value is -3.74. The van der Waals surface area contributed by atoms with E-state index in [2.05, 4.69) is 11.3 Å².